The zero-order chi connectivity index (χ0) is 18.5. The summed E-state index contributed by atoms with van der Waals surface area (Å²) in [7, 11) is 1.93. The zero-order valence-corrected chi connectivity index (χ0v) is 15.4. The minimum Gasteiger partial charge on any atom is -0.357 e. The predicted octanol–water partition coefficient (Wildman–Crippen LogP) is 0.992. The van der Waals surface area contributed by atoms with Gasteiger partial charge < -0.3 is 20.1 Å². The predicted molar refractivity (Wildman–Crippen MR) is 98.5 cm³/mol. The fraction of sp³-hybridized carbons (Fsp3) is 0.529. The monoisotopic (exact) mass is 360 g/mol. The molecule has 1 fully saturated rings. The van der Waals surface area contributed by atoms with E-state index in [0.29, 0.717) is 18.9 Å². The summed E-state index contributed by atoms with van der Waals surface area (Å²) >= 11 is 0. The summed E-state index contributed by atoms with van der Waals surface area (Å²) in [6.07, 6.45) is 2.51. The average Bonchev–Trinajstić information content (AvgIpc) is 3.21. The van der Waals surface area contributed by atoms with E-state index < -0.39 is 0 Å². The highest BCUT2D eigenvalue weighted by Crippen LogP contribution is 2.20. The van der Waals surface area contributed by atoms with Crippen molar-refractivity contribution in [3.8, 4) is 0 Å². The fourth-order valence-corrected chi connectivity index (χ4v) is 2.93. The maximum Gasteiger partial charge on any atom is 0.191 e. The van der Waals surface area contributed by atoms with Crippen molar-refractivity contribution in [2.75, 3.05) is 24.5 Å². The van der Waals surface area contributed by atoms with Crippen LogP contribution in [-0.2, 0) is 13.6 Å². The molecule has 9 heteroatoms. The Labute approximate surface area is 152 Å². The van der Waals surface area contributed by atoms with Gasteiger partial charge in [0.2, 0.25) is 0 Å². The van der Waals surface area contributed by atoms with Crippen LogP contribution in [0.5, 0.6) is 0 Å². The molecule has 2 N–H and O–H groups in total. The Morgan fingerprint density at radius 3 is 2.96 bits per heavy atom. The standard InChI is InChI=1S/C17H25FN8/c1-4-19-17(21-10-15-24-23-12(2)25(15)3)22-13-7-9-26(11-13)16-14(18)6-5-8-20-16/h5-6,8,13H,4,7,9-11H2,1-3H3,(H2,19,21,22). The number of halogens is 1. The molecule has 26 heavy (non-hydrogen) atoms. The first-order valence-electron chi connectivity index (χ1n) is 8.83. The van der Waals surface area contributed by atoms with Crippen LogP contribution in [-0.4, -0.2) is 51.4 Å². The molecule has 1 saturated heterocycles. The molecule has 3 rings (SSSR count). The first kappa shape index (κ1) is 18.1. The van der Waals surface area contributed by atoms with Crippen molar-refractivity contribution in [1.29, 1.82) is 0 Å². The lowest BCUT2D eigenvalue weighted by Gasteiger charge is -2.19. The summed E-state index contributed by atoms with van der Waals surface area (Å²) in [4.78, 5) is 10.7. The van der Waals surface area contributed by atoms with Gasteiger partial charge in [0.25, 0.3) is 0 Å². The minimum absolute atomic E-state index is 0.176. The second-order valence-electron chi connectivity index (χ2n) is 6.30. The molecule has 140 valence electrons. The highest BCUT2D eigenvalue weighted by Gasteiger charge is 2.25. The maximum absolute atomic E-state index is 13.9. The fourth-order valence-electron chi connectivity index (χ4n) is 2.93. The third-order valence-corrected chi connectivity index (χ3v) is 4.47. The highest BCUT2D eigenvalue weighted by molar-refractivity contribution is 5.80. The molecule has 0 amide bonds. The Balaban J connectivity index is 1.62. The topological polar surface area (TPSA) is 83.3 Å². The number of hydrogen-bond acceptors (Lipinski definition) is 5. The molecule has 1 aliphatic heterocycles. The Bertz CT molecular complexity index is 772. The summed E-state index contributed by atoms with van der Waals surface area (Å²) < 4.78 is 15.8. The van der Waals surface area contributed by atoms with Gasteiger partial charge in [0, 0.05) is 38.9 Å². The van der Waals surface area contributed by atoms with E-state index >= 15 is 0 Å². The summed E-state index contributed by atoms with van der Waals surface area (Å²) in [6, 6.07) is 3.22. The van der Waals surface area contributed by atoms with E-state index in [4.69, 9.17) is 0 Å². The number of aromatic nitrogens is 4. The molecule has 0 spiro atoms. The van der Waals surface area contributed by atoms with Gasteiger partial charge in [-0.05, 0) is 32.4 Å². The molecule has 0 aliphatic carbocycles. The van der Waals surface area contributed by atoms with Crippen LogP contribution in [0.3, 0.4) is 0 Å². The lowest BCUT2D eigenvalue weighted by Crippen LogP contribution is -2.44. The molecule has 2 aromatic rings. The third kappa shape index (κ3) is 4.09. The Kier molecular flexibility index (Phi) is 5.65. The van der Waals surface area contributed by atoms with E-state index in [1.165, 1.54) is 6.07 Å². The van der Waals surface area contributed by atoms with Crippen LogP contribution in [0.2, 0.25) is 0 Å². The molecule has 0 aromatic carbocycles. The molecule has 3 heterocycles. The molecule has 0 bridgehead atoms. The number of nitrogens with one attached hydrogen (secondary N) is 2. The zero-order valence-electron chi connectivity index (χ0n) is 15.4. The molecule has 1 aliphatic rings. The van der Waals surface area contributed by atoms with E-state index in [9.17, 15) is 4.39 Å². The van der Waals surface area contributed by atoms with Gasteiger partial charge in [0.1, 0.15) is 12.4 Å². The van der Waals surface area contributed by atoms with Crippen molar-refractivity contribution in [3.05, 3.63) is 35.8 Å². The van der Waals surface area contributed by atoms with Crippen LogP contribution < -0.4 is 15.5 Å². The summed E-state index contributed by atoms with van der Waals surface area (Å²) in [5, 5.41) is 14.8. The van der Waals surface area contributed by atoms with Crippen molar-refractivity contribution in [1.82, 2.24) is 30.4 Å². The second-order valence-corrected chi connectivity index (χ2v) is 6.30. The molecule has 8 nitrogen and oxygen atoms in total. The molecular formula is C17H25FN8. The molecule has 2 aromatic heterocycles. The minimum atomic E-state index is -0.286. The second kappa shape index (κ2) is 8.11. The van der Waals surface area contributed by atoms with Crippen LogP contribution in [0.15, 0.2) is 23.3 Å². The lowest BCUT2D eigenvalue weighted by molar-refractivity contribution is 0.612. The first-order chi connectivity index (χ1) is 12.6. The van der Waals surface area contributed by atoms with E-state index in [1.54, 1.807) is 12.3 Å². The van der Waals surface area contributed by atoms with Crippen LogP contribution in [0, 0.1) is 12.7 Å². The summed E-state index contributed by atoms with van der Waals surface area (Å²) in [5.74, 6) is 2.52. The first-order valence-corrected chi connectivity index (χ1v) is 8.83. The largest absolute Gasteiger partial charge is 0.357 e. The lowest BCUT2D eigenvalue weighted by atomic mass is 10.3. The number of nitrogens with zero attached hydrogens (tertiary/aromatic N) is 6. The normalized spacial score (nSPS) is 17.6. The Morgan fingerprint density at radius 1 is 1.42 bits per heavy atom. The molecule has 0 saturated carbocycles. The van der Waals surface area contributed by atoms with Crippen molar-refractivity contribution >= 4 is 11.8 Å². The number of hydrogen-bond donors (Lipinski definition) is 2. The number of guanidine groups is 1. The van der Waals surface area contributed by atoms with Crippen molar-refractivity contribution in [2.45, 2.75) is 32.9 Å². The van der Waals surface area contributed by atoms with Crippen LogP contribution in [0.4, 0.5) is 10.2 Å². The highest BCUT2D eigenvalue weighted by atomic mass is 19.1. The van der Waals surface area contributed by atoms with Gasteiger partial charge in [-0.25, -0.2) is 14.4 Å². The third-order valence-electron chi connectivity index (χ3n) is 4.47. The quantitative estimate of drug-likeness (QED) is 0.611. The number of aryl methyl sites for hydroxylation is 1. The van der Waals surface area contributed by atoms with E-state index in [1.807, 2.05) is 30.4 Å². The number of rotatable bonds is 5. The van der Waals surface area contributed by atoms with Gasteiger partial charge in [0.05, 0.1) is 0 Å². The summed E-state index contributed by atoms with van der Waals surface area (Å²) in [6.45, 7) is 6.57. The average molecular weight is 360 g/mol. The van der Waals surface area contributed by atoms with Gasteiger partial charge in [-0.1, -0.05) is 0 Å². The van der Waals surface area contributed by atoms with Gasteiger partial charge in [-0.3, -0.25) is 0 Å². The van der Waals surface area contributed by atoms with Crippen LogP contribution >= 0.6 is 0 Å². The van der Waals surface area contributed by atoms with Crippen molar-refractivity contribution in [3.63, 3.8) is 0 Å². The van der Waals surface area contributed by atoms with Gasteiger partial charge in [0.15, 0.2) is 23.4 Å². The van der Waals surface area contributed by atoms with E-state index in [2.05, 4.69) is 30.8 Å². The maximum atomic E-state index is 13.9. The van der Waals surface area contributed by atoms with Crippen LogP contribution in [0.1, 0.15) is 25.0 Å². The molecule has 1 atom stereocenters. The Hall–Kier alpha value is -2.71. The van der Waals surface area contributed by atoms with Gasteiger partial charge in [-0.2, -0.15) is 0 Å². The van der Waals surface area contributed by atoms with E-state index in [-0.39, 0.29) is 11.9 Å². The van der Waals surface area contributed by atoms with Crippen LogP contribution in [0.25, 0.3) is 0 Å². The Morgan fingerprint density at radius 2 is 2.27 bits per heavy atom. The van der Waals surface area contributed by atoms with Crippen molar-refractivity contribution in [2.24, 2.45) is 12.0 Å². The smallest absolute Gasteiger partial charge is 0.191 e. The summed E-state index contributed by atoms with van der Waals surface area (Å²) in [5.41, 5.74) is 0. The molecular weight excluding hydrogens is 335 g/mol. The van der Waals surface area contributed by atoms with Gasteiger partial charge >= 0.3 is 0 Å². The molecule has 1 unspecified atom stereocenters. The SMILES string of the molecule is CCNC(=NCc1nnc(C)n1C)NC1CCN(c2ncccc2F)C1. The number of aliphatic imine (C=N–C) groups is 1. The number of anilines is 1. The number of pyridine rings is 1. The van der Waals surface area contributed by atoms with E-state index in [0.717, 1.165) is 37.1 Å². The van der Waals surface area contributed by atoms with Gasteiger partial charge in [-0.15, -0.1) is 10.2 Å². The van der Waals surface area contributed by atoms with Crippen molar-refractivity contribution < 1.29 is 4.39 Å². The molecule has 0 radical (unpaired) electrons.